The minimum atomic E-state index is -1.97. The van der Waals surface area contributed by atoms with Crippen LogP contribution in [-0.4, -0.2) is 0 Å². The highest BCUT2D eigenvalue weighted by atomic mass is 127. The average Bonchev–Trinajstić information content (AvgIpc) is 2.73. The molecule has 146 valence electrons. The largest absolute Gasteiger partial charge is 1.00 e. The second kappa shape index (κ2) is 9.24. The maximum atomic E-state index is 2.33. The Kier molecular flexibility index (Phi) is 6.93. The highest BCUT2D eigenvalue weighted by molar-refractivity contribution is 8.01. The number of rotatable bonds is 4. The van der Waals surface area contributed by atoms with Crippen molar-refractivity contribution in [3.05, 3.63) is 120 Å². The molecular weight excluding hydrogens is 482 g/mol. The molecule has 0 heterocycles. The Morgan fingerprint density at radius 3 is 0.966 bits per heavy atom. The van der Waals surface area contributed by atoms with E-state index in [1.165, 1.54) is 37.9 Å². The first kappa shape index (κ1) is 21.7. The number of hydrogen-bond donors (Lipinski definition) is 0. The van der Waals surface area contributed by atoms with Crippen molar-refractivity contribution in [2.45, 2.75) is 20.8 Å². The first-order valence-corrected chi connectivity index (χ1v) is 11.6. The minimum Gasteiger partial charge on any atom is -1.00 e. The Labute approximate surface area is 192 Å². The van der Waals surface area contributed by atoms with Gasteiger partial charge in [-0.05, 0) is 69.3 Å². The highest BCUT2D eigenvalue weighted by Crippen LogP contribution is 2.54. The zero-order valence-corrected chi connectivity index (χ0v) is 20.2. The van der Waals surface area contributed by atoms with Gasteiger partial charge in [-0.25, -0.2) is 0 Å². The van der Waals surface area contributed by atoms with E-state index in [4.69, 9.17) is 0 Å². The summed E-state index contributed by atoms with van der Waals surface area (Å²) in [5, 5.41) is 5.59. The van der Waals surface area contributed by atoms with Gasteiger partial charge in [0.05, 0.1) is 0 Å². The van der Waals surface area contributed by atoms with Crippen LogP contribution in [0.25, 0.3) is 0 Å². The first-order chi connectivity index (χ1) is 13.6. The van der Waals surface area contributed by atoms with Gasteiger partial charge in [-0.15, -0.1) is 0 Å². The molecule has 0 aliphatic rings. The summed E-state index contributed by atoms with van der Waals surface area (Å²) in [5.41, 5.74) is 3.88. The quantitative estimate of drug-likeness (QED) is 0.293. The molecule has 0 nitrogen and oxygen atoms in total. The Morgan fingerprint density at radius 2 is 0.655 bits per heavy atom. The fraction of sp³-hybridized carbons (Fsp3) is 0.111. The Morgan fingerprint density at radius 1 is 0.379 bits per heavy atom. The summed E-state index contributed by atoms with van der Waals surface area (Å²) in [4.78, 5) is 0. The molecule has 0 aliphatic heterocycles. The fourth-order valence-electron chi connectivity index (χ4n) is 3.85. The van der Waals surface area contributed by atoms with Gasteiger partial charge in [0.25, 0.3) is 0 Å². The summed E-state index contributed by atoms with van der Waals surface area (Å²) in [6.07, 6.45) is 0. The van der Waals surface area contributed by atoms with E-state index in [1.807, 2.05) is 0 Å². The topological polar surface area (TPSA) is 0 Å². The Bertz CT molecular complexity index is 939. The van der Waals surface area contributed by atoms with Crippen molar-refractivity contribution in [1.29, 1.82) is 0 Å². The third-order valence-electron chi connectivity index (χ3n) is 5.41. The molecule has 4 aromatic rings. The lowest BCUT2D eigenvalue weighted by Crippen LogP contribution is -3.00. The summed E-state index contributed by atoms with van der Waals surface area (Å²) in [7, 11) is -1.97. The van der Waals surface area contributed by atoms with Crippen LogP contribution in [0.5, 0.6) is 0 Å². The molecule has 0 saturated carbocycles. The van der Waals surface area contributed by atoms with Gasteiger partial charge in [-0.2, -0.15) is 0 Å². The van der Waals surface area contributed by atoms with E-state index in [-0.39, 0.29) is 24.0 Å². The van der Waals surface area contributed by atoms with Crippen LogP contribution in [0.15, 0.2) is 103 Å². The second-order valence-electron chi connectivity index (χ2n) is 7.51. The predicted octanol–water partition coefficient (Wildman–Crippen LogP) is 2.24. The van der Waals surface area contributed by atoms with Gasteiger partial charge in [0.2, 0.25) is 0 Å². The lowest BCUT2D eigenvalue weighted by Gasteiger charge is -2.28. The molecule has 0 aromatic heterocycles. The summed E-state index contributed by atoms with van der Waals surface area (Å²) in [5.74, 6) is 0. The fourth-order valence-corrected chi connectivity index (χ4v) is 8.05. The number of benzene rings is 4. The Hall–Kier alpha value is -1.96. The van der Waals surface area contributed by atoms with Gasteiger partial charge in [-0.1, -0.05) is 71.3 Å². The molecule has 0 radical (unpaired) electrons. The first-order valence-electron chi connectivity index (χ1n) is 9.77. The molecule has 0 atom stereocenters. The molecule has 4 rings (SSSR count). The van der Waals surface area contributed by atoms with E-state index >= 15 is 0 Å². The summed E-state index contributed by atoms with van der Waals surface area (Å²) < 4.78 is 0. The van der Waals surface area contributed by atoms with Crippen LogP contribution in [0.1, 0.15) is 16.7 Å². The molecule has 2 heteroatoms. The van der Waals surface area contributed by atoms with Gasteiger partial charge in [0.15, 0.2) is 0 Å². The highest BCUT2D eigenvalue weighted by Gasteiger charge is 2.47. The zero-order valence-electron chi connectivity index (χ0n) is 17.1. The summed E-state index contributed by atoms with van der Waals surface area (Å²) in [6, 6.07) is 38.5. The molecule has 0 saturated heterocycles. The van der Waals surface area contributed by atoms with Crippen LogP contribution in [-0.2, 0) is 0 Å². The van der Waals surface area contributed by atoms with Crippen molar-refractivity contribution in [1.82, 2.24) is 0 Å². The van der Waals surface area contributed by atoms with Crippen molar-refractivity contribution in [3.63, 3.8) is 0 Å². The Balaban J connectivity index is 0.00000240. The molecule has 0 amide bonds. The maximum Gasteiger partial charge on any atom is 0.144 e. The number of hydrogen-bond acceptors (Lipinski definition) is 0. The van der Waals surface area contributed by atoms with Crippen LogP contribution in [0.3, 0.4) is 0 Å². The molecule has 4 aromatic carbocycles. The van der Waals surface area contributed by atoms with E-state index < -0.39 is 7.26 Å². The van der Waals surface area contributed by atoms with Crippen molar-refractivity contribution in [3.8, 4) is 0 Å². The normalized spacial score (nSPS) is 11.0. The van der Waals surface area contributed by atoms with E-state index in [0.717, 1.165) is 0 Å². The smallest absolute Gasteiger partial charge is 0.144 e. The minimum absolute atomic E-state index is 0. The molecule has 0 bridgehead atoms. The SMILES string of the molecule is Cc1ccc([P+](c2ccccc2)(c2ccc(C)cc2)c2ccc(C)cc2)cc1.[I-]. The number of halogens is 1. The zero-order chi connectivity index (χ0) is 19.6. The van der Waals surface area contributed by atoms with Gasteiger partial charge >= 0.3 is 0 Å². The van der Waals surface area contributed by atoms with E-state index in [2.05, 4.69) is 124 Å². The maximum absolute atomic E-state index is 2.33. The average molecular weight is 508 g/mol. The lowest BCUT2D eigenvalue weighted by molar-refractivity contribution is -0.00000562. The van der Waals surface area contributed by atoms with E-state index in [1.54, 1.807) is 0 Å². The van der Waals surface area contributed by atoms with Gasteiger partial charge in [0, 0.05) is 0 Å². The third kappa shape index (κ3) is 4.17. The van der Waals surface area contributed by atoms with Crippen molar-refractivity contribution in [2.24, 2.45) is 0 Å². The van der Waals surface area contributed by atoms with E-state index in [0.29, 0.717) is 0 Å². The van der Waals surface area contributed by atoms with Crippen LogP contribution in [0, 0.1) is 20.8 Å². The monoisotopic (exact) mass is 508 g/mol. The third-order valence-corrected chi connectivity index (χ3v) is 9.70. The molecule has 0 unspecified atom stereocenters. The predicted molar refractivity (Wildman–Crippen MR) is 125 cm³/mol. The van der Waals surface area contributed by atoms with Crippen LogP contribution >= 0.6 is 7.26 Å². The standard InChI is InChI=1S/C27H26P.HI/c1-21-9-15-25(16-10-21)28(24-7-5-4-6-8-24,26-17-11-22(2)12-18-26)27-19-13-23(3)14-20-27;/h4-20H,1-3H3;1H/q+1;/p-1. The van der Waals surface area contributed by atoms with Crippen LogP contribution in [0.2, 0.25) is 0 Å². The molecule has 29 heavy (non-hydrogen) atoms. The molecule has 0 N–H and O–H groups in total. The molecule has 0 spiro atoms. The number of aryl methyl sites for hydroxylation is 3. The van der Waals surface area contributed by atoms with Crippen LogP contribution in [0.4, 0.5) is 0 Å². The lowest BCUT2D eigenvalue weighted by atomic mass is 10.2. The molecule has 0 aliphatic carbocycles. The van der Waals surface area contributed by atoms with Crippen LogP contribution < -0.4 is 45.2 Å². The van der Waals surface area contributed by atoms with Crippen molar-refractivity contribution < 1.29 is 24.0 Å². The molecule has 0 fully saturated rings. The van der Waals surface area contributed by atoms with Crippen molar-refractivity contribution >= 4 is 28.5 Å². The van der Waals surface area contributed by atoms with E-state index in [9.17, 15) is 0 Å². The van der Waals surface area contributed by atoms with Gasteiger partial charge in [-0.3, -0.25) is 0 Å². The van der Waals surface area contributed by atoms with Gasteiger partial charge in [0.1, 0.15) is 28.5 Å². The summed E-state index contributed by atoms with van der Waals surface area (Å²) >= 11 is 0. The molecular formula is C27H26IP. The second-order valence-corrected chi connectivity index (χ2v) is 10.9. The summed E-state index contributed by atoms with van der Waals surface area (Å²) in [6.45, 7) is 6.47. The van der Waals surface area contributed by atoms with Crippen molar-refractivity contribution in [2.75, 3.05) is 0 Å². The van der Waals surface area contributed by atoms with Gasteiger partial charge < -0.3 is 24.0 Å².